The van der Waals surface area contributed by atoms with E-state index in [0.717, 1.165) is 37.4 Å². The Morgan fingerprint density at radius 3 is 2.82 bits per heavy atom. The van der Waals surface area contributed by atoms with E-state index in [1.807, 2.05) is 48.8 Å². The Morgan fingerprint density at radius 2 is 2.04 bits per heavy atom. The van der Waals surface area contributed by atoms with E-state index in [4.69, 9.17) is 5.73 Å². The minimum Gasteiger partial charge on any atom is -0.369 e. The number of carbonyl (C=O) groups excluding carboxylic acids is 2. The predicted octanol–water partition coefficient (Wildman–Crippen LogP) is 4.02. The first-order valence-corrected chi connectivity index (χ1v) is 10.7. The minimum atomic E-state index is -0.359. The van der Waals surface area contributed by atoms with Crippen LogP contribution in [0.3, 0.4) is 0 Å². The van der Waals surface area contributed by atoms with E-state index in [1.165, 1.54) is 0 Å². The van der Waals surface area contributed by atoms with Crippen molar-refractivity contribution in [1.29, 1.82) is 0 Å². The number of hydrogen-bond donors (Lipinski definition) is 2. The molecule has 0 fully saturated rings. The van der Waals surface area contributed by atoms with Gasteiger partial charge in [-0.2, -0.15) is 0 Å². The lowest BCUT2D eigenvalue weighted by Crippen LogP contribution is -2.26. The average molecular weight is 456 g/mol. The van der Waals surface area contributed by atoms with Crippen molar-refractivity contribution in [2.24, 2.45) is 5.73 Å². The fourth-order valence-corrected chi connectivity index (χ4v) is 4.72. The lowest BCUT2D eigenvalue weighted by Gasteiger charge is -2.16. The maximum absolute atomic E-state index is 12.4. The van der Waals surface area contributed by atoms with Crippen LogP contribution in [0.4, 0.5) is 0 Å². The molecule has 142 valence electrons. The van der Waals surface area contributed by atoms with Gasteiger partial charge in [0.25, 0.3) is 0 Å². The Kier molecular flexibility index (Phi) is 5.28. The van der Waals surface area contributed by atoms with Gasteiger partial charge in [0.15, 0.2) is 0 Å². The van der Waals surface area contributed by atoms with E-state index >= 15 is 0 Å². The van der Waals surface area contributed by atoms with Crippen LogP contribution < -0.4 is 5.73 Å². The number of nitrogens with two attached hydrogens (primary N) is 1. The van der Waals surface area contributed by atoms with Crippen molar-refractivity contribution >= 4 is 55.3 Å². The Morgan fingerprint density at radius 1 is 1.21 bits per heavy atom. The second-order valence-electron chi connectivity index (χ2n) is 6.58. The van der Waals surface area contributed by atoms with Gasteiger partial charge >= 0.3 is 0 Å². The number of H-pyrrole nitrogens is 1. The number of alkyl halides is 1. The minimum absolute atomic E-state index is 0.00376. The van der Waals surface area contributed by atoms with Crippen LogP contribution in [0.5, 0.6) is 0 Å². The molecule has 0 saturated carbocycles. The third-order valence-electron chi connectivity index (χ3n) is 4.63. The Bertz CT molecular complexity index is 1110. The second kappa shape index (κ2) is 7.85. The molecule has 0 radical (unpaired) electrons. The monoisotopic (exact) mass is 455 g/mol. The van der Waals surface area contributed by atoms with Crippen LogP contribution in [0.2, 0.25) is 0 Å². The van der Waals surface area contributed by atoms with E-state index in [2.05, 4.69) is 27.0 Å². The maximum Gasteiger partial charge on any atom is 0.237 e. The summed E-state index contributed by atoms with van der Waals surface area (Å²) >= 11 is 4.92. The number of carbonyl (C=O) groups is 2. The van der Waals surface area contributed by atoms with Crippen molar-refractivity contribution < 1.29 is 9.59 Å². The van der Waals surface area contributed by atoms with Crippen LogP contribution in [-0.4, -0.2) is 27.0 Å². The molecule has 0 aliphatic carbocycles. The first kappa shape index (κ1) is 18.8. The molecule has 7 heteroatoms. The van der Waals surface area contributed by atoms with Gasteiger partial charge in [-0.15, -0.1) is 0 Å². The van der Waals surface area contributed by atoms with Crippen LogP contribution in [0.25, 0.3) is 15.8 Å². The molecule has 4 rings (SSSR count). The van der Waals surface area contributed by atoms with Crippen LogP contribution in [-0.2, 0) is 22.6 Å². The summed E-state index contributed by atoms with van der Waals surface area (Å²) in [5.41, 5.74) is 9.31. The Labute approximate surface area is 175 Å². The molecule has 1 aromatic heterocycles. The molecule has 3 aromatic rings. The van der Waals surface area contributed by atoms with Gasteiger partial charge in [0.2, 0.25) is 11.8 Å². The van der Waals surface area contributed by atoms with Crippen LogP contribution in [0, 0.1) is 0 Å². The predicted molar refractivity (Wildman–Crippen MR) is 116 cm³/mol. The highest BCUT2D eigenvalue weighted by Gasteiger charge is 2.21. The fraction of sp³-hybridized carbons (Fsp3) is 0.143. The fourth-order valence-electron chi connectivity index (χ4n) is 3.29. The first-order chi connectivity index (χ1) is 13.5. The molecule has 1 aliphatic rings. The van der Waals surface area contributed by atoms with Crippen LogP contribution in [0.1, 0.15) is 16.7 Å². The zero-order valence-electron chi connectivity index (χ0n) is 14.9. The molecule has 0 spiro atoms. The third-order valence-corrected chi connectivity index (χ3v) is 6.27. The molecule has 3 N–H and O–H groups in total. The number of nitrogens with one attached hydrogen (secondary N) is 1. The summed E-state index contributed by atoms with van der Waals surface area (Å²) in [4.78, 5) is 30.9. The summed E-state index contributed by atoms with van der Waals surface area (Å²) in [6.07, 6.45) is 4.06. The maximum atomic E-state index is 12.4. The first-order valence-electron chi connectivity index (χ1n) is 8.77. The summed E-state index contributed by atoms with van der Waals surface area (Å²) in [7, 11) is 0. The van der Waals surface area contributed by atoms with Gasteiger partial charge in [-0.1, -0.05) is 52.0 Å². The number of aromatic amines is 1. The third kappa shape index (κ3) is 3.72. The van der Waals surface area contributed by atoms with E-state index in [0.29, 0.717) is 6.54 Å². The number of benzene rings is 2. The van der Waals surface area contributed by atoms with E-state index in [-0.39, 0.29) is 23.6 Å². The standard InChI is InChI=1S/C21H18BrN3O2S/c22-9-21(27)25-11-14-3-1-2-4-18(14)28-19(12-25)16-10-24-17-6-5-13(7-15(16)17)8-20(23)26/h1-7,10,12,24H,8-9,11H2,(H2,23,26). The molecule has 2 heterocycles. The molecule has 0 saturated heterocycles. The number of nitrogens with zero attached hydrogens (tertiary/aromatic N) is 1. The van der Waals surface area contributed by atoms with Crippen molar-refractivity contribution in [2.75, 3.05) is 5.33 Å². The molecule has 0 unspecified atom stereocenters. The number of primary amides is 1. The number of thioether (sulfide) groups is 1. The van der Waals surface area contributed by atoms with Crippen LogP contribution >= 0.6 is 27.7 Å². The molecular weight excluding hydrogens is 438 g/mol. The largest absolute Gasteiger partial charge is 0.369 e. The molecular formula is C21H18BrN3O2S. The van der Waals surface area contributed by atoms with Crippen molar-refractivity contribution in [3.63, 3.8) is 0 Å². The molecule has 0 bridgehead atoms. The van der Waals surface area contributed by atoms with Crippen molar-refractivity contribution in [2.45, 2.75) is 17.9 Å². The zero-order chi connectivity index (χ0) is 19.7. The lowest BCUT2D eigenvalue weighted by molar-refractivity contribution is -0.126. The smallest absolute Gasteiger partial charge is 0.237 e. The highest BCUT2D eigenvalue weighted by Crippen LogP contribution is 2.42. The number of rotatable bonds is 4. The highest BCUT2D eigenvalue weighted by atomic mass is 79.9. The van der Waals surface area contributed by atoms with Gasteiger partial charge in [0.05, 0.1) is 18.3 Å². The molecule has 2 amide bonds. The van der Waals surface area contributed by atoms with E-state index < -0.39 is 0 Å². The van der Waals surface area contributed by atoms with Gasteiger partial charge in [-0.25, -0.2) is 0 Å². The topological polar surface area (TPSA) is 79.2 Å². The number of fused-ring (bicyclic) bond motifs is 2. The summed E-state index contributed by atoms with van der Waals surface area (Å²) in [5, 5.41) is 1.27. The SMILES string of the molecule is NC(=O)Cc1ccc2[nH]cc(C3=CN(C(=O)CBr)Cc4ccccc4S3)c2c1. The summed E-state index contributed by atoms with van der Waals surface area (Å²) < 4.78 is 0. The summed E-state index contributed by atoms with van der Waals surface area (Å²) in [6.45, 7) is 0.534. The Hall–Kier alpha value is -2.51. The van der Waals surface area contributed by atoms with Crippen LogP contribution in [0.15, 0.2) is 59.8 Å². The van der Waals surface area contributed by atoms with Gasteiger partial charge in [-0.05, 0) is 29.3 Å². The summed E-state index contributed by atoms with van der Waals surface area (Å²) in [6, 6.07) is 14.0. The van der Waals surface area contributed by atoms with E-state index in [1.54, 1.807) is 16.7 Å². The highest BCUT2D eigenvalue weighted by molar-refractivity contribution is 9.09. The molecule has 28 heavy (non-hydrogen) atoms. The summed E-state index contributed by atoms with van der Waals surface area (Å²) in [5.74, 6) is -0.355. The van der Waals surface area contributed by atoms with Gasteiger partial charge < -0.3 is 15.6 Å². The number of hydrogen-bond acceptors (Lipinski definition) is 3. The number of amides is 2. The average Bonchev–Trinajstić information content (AvgIpc) is 2.99. The molecule has 2 aromatic carbocycles. The molecule has 5 nitrogen and oxygen atoms in total. The van der Waals surface area contributed by atoms with Crippen molar-refractivity contribution in [3.8, 4) is 0 Å². The zero-order valence-corrected chi connectivity index (χ0v) is 17.3. The van der Waals surface area contributed by atoms with Gasteiger partial charge in [-0.3, -0.25) is 9.59 Å². The second-order valence-corrected chi connectivity index (χ2v) is 8.23. The quantitative estimate of drug-likeness (QED) is 0.582. The number of aromatic nitrogens is 1. The van der Waals surface area contributed by atoms with Gasteiger partial charge in [0.1, 0.15) is 0 Å². The van der Waals surface area contributed by atoms with E-state index in [9.17, 15) is 9.59 Å². The van der Waals surface area contributed by atoms with Crippen molar-refractivity contribution in [3.05, 3.63) is 71.6 Å². The Balaban J connectivity index is 1.82. The molecule has 1 aliphatic heterocycles. The van der Waals surface area contributed by atoms with Gasteiger partial charge in [0, 0.05) is 38.7 Å². The van der Waals surface area contributed by atoms with Crippen molar-refractivity contribution in [1.82, 2.24) is 9.88 Å². The molecule has 0 atom stereocenters. The number of halogens is 1. The normalized spacial score (nSPS) is 13.8. The lowest BCUT2D eigenvalue weighted by atomic mass is 10.1.